The minimum Gasteiger partial charge on any atom is -0.394 e. The number of halogens is 1. The zero-order chi connectivity index (χ0) is 13.4. The van der Waals surface area contributed by atoms with Crippen molar-refractivity contribution < 1.29 is 17.9 Å². The van der Waals surface area contributed by atoms with Crippen LogP contribution in [0.15, 0.2) is 18.2 Å². The number of hydrogen-bond donors (Lipinski definition) is 2. The van der Waals surface area contributed by atoms with Gasteiger partial charge in [0.2, 0.25) is 0 Å². The standard InChI is InChI=1S/C12H16FNO3S/c1-9-4-10(13)6-11(5-9)14-12(7-15)2-3-18(16,17)8-12/h4-6,14-15H,2-3,7-8H2,1H3. The minimum atomic E-state index is -3.12. The molecule has 0 saturated carbocycles. The third-order valence-electron chi connectivity index (χ3n) is 3.14. The second-order valence-electron chi connectivity index (χ2n) is 4.92. The van der Waals surface area contributed by atoms with Crippen LogP contribution in [0.4, 0.5) is 10.1 Å². The van der Waals surface area contributed by atoms with Crippen LogP contribution < -0.4 is 5.32 Å². The van der Waals surface area contributed by atoms with Crippen LogP contribution in [0.3, 0.4) is 0 Å². The topological polar surface area (TPSA) is 66.4 Å². The first-order chi connectivity index (χ1) is 8.34. The average molecular weight is 273 g/mol. The molecule has 1 aliphatic rings. The van der Waals surface area contributed by atoms with Gasteiger partial charge in [0.1, 0.15) is 5.82 Å². The number of anilines is 1. The molecule has 2 N–H and O–H groups in total. The molecular weight excluding hydrogens is 257 g/mol. The van der Waals surface area contributed by atoms with Gasteiger partial charge in [-0.2, -0.15) is 0 Å². The summed E-state index contributed by atoms with van der Waals surface area (Å²) in [6.07, 6.45) is 0.335. The summed E-state index contributed by atoms with van der Waals surface area (Å²) in [5.41, 5.74) is 0.351. The Morgan fingerprint density at radius 3 is 2.67 bits per heavy atom. The number of nitrogens with one attached hydrogen (secondary N) is 1. The smallest absolute Gasteiger partial charge is 0.152 e. The van der Waals surface area contributed by atoms with Gasteiger partial charge in [0.15, 0.2) is 9.84 Å². The lowest BCUT2D eigenvalue weighted by molar-refractivity contribution is 0.226. The van der Waals surface area contributed by atoms with Crippen LogP contribution in [-0.2, 0) is 9.84 Å². The highest BCUT2D eigenvalue weighted by Crippen LogP contribution is 2.28. The van der Waals surface area contributed by atoms with Gasteiger partial charge >= 0.3 is 0 Å². The van der Waals surface area contributed by atoms with Gasteiger partial charge in [0.05, 0.1) is 23.7 Å². The van der Waals surface area contributed by atoms with E-state index < -0.39 is 15.4 Å². The van der Waals surface area contributed by atoms with Crippen molar-refractivity contribution in [2.24, 2.45) is 0 Å². The second-order valence-corrected chi connectivity index (χ2v) is 7.11. The molecule has 1 heterocycles. The summed E-state index contributed by atoms with van der Waals surface area (Å²) in [6.45, 7) is 1.47. The SMILES string of the molecule is Cc1cc(F)cc(NC2(CO)CCS(=O)(=O)C2)c1. The molecule has 0 spiro atoms. The highest BCUT2D eigenvalue weighted by molar-refractivity contribution is 7.91. The fourth-order valence-electron chi connectivity index (χ4n) is 2.29. The van der Waals surface area contributed by atoms with E-state index in [2.05, 4.69) is 5.32 Å². The Morgan fingerprint density at radius 2 is 2.17 bits per heavy atom. The summed E-state index contributed by atoms with van der Waals surface area (Å²) in [5, 5.41) is 12.4. The Hall–Kier alpha value is -1.14. The van der Waals surface area contributed by atoms with Crippen molar-refractivity contribution in [2.45, 2.75) is 18.9 Å². The lowest BCUT2D eigenvalue weighted by Crippen LogP contribution is -2.43. The van der Waals surface area contributed by atoms with E-state index in [0.717, 1.165) is 5.56 Å². The van der Waals surface area contributed by atoms with E-state index in [1.54, 1.807) is 13.0 Å². The van der Waals surface area contributed by atoms with E-state index in [1.807, 2.05) is 0 Å². The van der Waals surface area contributed by atoms with E-state index >= 15 is 0 Å². The fraction of sp³-hybridized carbons (Fsp3) is 0.500. The van der Waals surface area contributed by atoms with E-state index in [0.29, 0.717) is 12.1 Å². The first-order valence-electron chi connectivity index (χ1n) is 5.71. The van der Waals surface area contributed by atoms with E-state index in [4.69, 9.17) is 0 Å². The molecule has 0 aromatic heterocycles. The van der Waals surface area contributed by atoms with Gasteiger partial charge in [-0.25, -0.2) is 12.8 Å². The van der Waals surface area contributed by atoms with Crippen molar-refractivity contribution in [2.75, 3.05) is 23.4 Å². The molecule has 1 aromatic carbocycles. The van der Waals surface area contributed by atoms with Gasteiger partial charge in [0.25, 0.3) is 0 Å². The third kappa shape index (κ3) is 2.81. The molecule has 0 amide bonds. The van der Waals surface area contributed by atoms with Crippen molar-refractivity contribution in [3.63, 3.8) is 0 Å². The Balaban J connectivity index is 2.26. The Kier molecular flexibility index (Phi) is 3.33. The molecule has 6 heteroatoms. The fourth-order valence-corrected chi connectivity index (χ4v) is 4.29. The van der Waals surface area contributed by atoms with Crippen LogP contribution in [-0.4, -0.2) is 37.2 Å². The average Bonchev–Trinajstić information content (AvgIpc) is 2.53. The zero-order valence-corrected chi connectivity index (χ0v) is 10.9. The van der Waals surface area contributed by atoms with Crippen molar-refractivity contribution in [3.05, 3.63) is 29.6 Å². The van der Waals surface area contributed by atoms with Gasteiger partial charge in [0, 0.05) is 5.69 Å². The Labute approximate surface area is 106 Å². The molecule has 0 bridgehead atoms. The van der Waals surface area contributed by atoms with Crippen molar-refractivity contribution in [3.8, 4) is 0 Å². The summed E-state index contributed by atoms with van der Waals surface area (Å²) in [6, 6.07) is 4.42. The molecule has 2 rings (SSSR count). The number of rotatable bonds is 3. The van der Waals surface area contributed by atoms with Crippen LogP contribution in [0.2, 0.25) is 0 Å². The number of benzene rings is 1. The molecular formula is C12H16FNO3S. The number of aliphatic hydroxyl groups excluding tert-OH is 1. The largest absolute Gasteiger partial charge is 0.394 e. The molecule has 1 aromatic rings. The molecule has 1 unspecified atom stereocenters. The first kappa shape index (κ1) is 13.3. The number of sulfone groups is 1. The molecule has 0 radical (unpaired) electrons. The first-order valence-corrected chi connectivity index (χ1v) is 7.53. The van der Waals surface area contributed by atoms with Crippen LogP contribution >= 0.6 is 0 Å². The molecule has 1 atom stereocenters. The highest BCUT2D eigenvalue weighted by atomic mass is 32.2. The Morgan fingerprint density at radius 1 is 1.44 bits per heavy atom. The maximum absolute atomic E-state index is 13.3. The lowest BCUT2D eigenvalue weighted by Gasteiger charge is -2.28. The van der Waals surface area contributed by atoms with Crippen molar-refractivity contribution in [1.29, 1.82) is 0 Å². The highest BCUT2D eigenvalue weighted by Gasteiger charge is 2.41. The van der Waals surface area contributed by atoms with Crippen LogP contribution in [0.5, 0.6) is 0 Å². The maximum Gasteiger partial charge on any atom is 0.152 e. The monoisotopic (exact) mass is 273 g/mol. The quantitative estimate of drug-likeness (QED) is 0.865. The van der Waals surface area contributed by atoms with Crippen LogP contribution in [0.1, 0.15) is 12.0 Å². The van der Waals surface area contributed by atoms with Crippen LogP contribution in [0.25, 0.3) is 0 Å². The summed E-state index contributed by atoms with van der Waals surface area (Å²) in [7, 11) is -3.12. The Bertz CT molecular complexity index is 538. The summed E-state index contributed by atoms with van der Waals surface area (Å²) >= 11 is 0. The number of aliphatic hydroxyl groups is 1. The minimum absolute atomic E-state index is 0.0505. The van der Waals surface area contributed by atoms with Gasteiger partial charge in [-0.3, -0.25) is 0 Å². The molecule has 0 aliphatic carbocycles. The summed E-state index contributed by atoms with van der Waals surface area (Å²) < 4.78 is 36.3. The van der Waals surface area contributed by atoms with Crippen LogP contribution in [0, 0.1) is 12.7 Å². The summed E-state index contributed by atoms with van der Waals surface area (Å²) in [4.78, 5) is 0. The molecule has 100 valence electrons. The van der Waals surface area contributed by atoms with E-state index in [1.165, 1.54) is 12.1 Å². The second kappa shape index (κ2) is 4.51. The molecule has 4 nitrogen and oxygen atoms in total. The number of aryl methyl sites for hydroxylation is 1. The van der Waals surface area contributed by atoms with Gasteiger partial charge in [-0.15, -0.1) is 0 Å². The summed E-state index contributed by atoms with van der Waals surface area (Å²) in [5.74, 6) is -0.451. The number of hydrogen-bond acceptors (Lipinski definition) is 4. The van der Waals surface area contributed by atoms with Gasteiger partial charge in [-0.1, -0.05) is 0 Å². The predicted octanol–water partition coefficient (Wildman–Crippen LogP) is 1.10. The third-order valence-corrected chi connectivity index (χ3v) is 4.96. The van der Waals surface area contributed by atoms with Gasteiger partial charge < -0.3 is 10.4 Å². The van der Waals surface area contributed by atoms with Crippen molar-refractivity contribution in [1.82, 2.24) is 0 Å². The normalized spacial score (nSPS) is 26.2. The van der Waals surface area contributed by atoms with Gasteiger partial charge in [-0.05, 0) is 37.1 Å². The molecule has 1 aliphatic heterocycles. The molecule has 18 heavy (non-hydrogen) atoms. The lowest BCUT2D eigenvalue weighted by atomic mass is 9.99. The van der Waals surface area contributed by atoms with E-state index in [9.17, 15) is 17.9 Å². The maximum atomic E-state index is 13.3. The van der Waals surface area contributed by atoms with E-state index in [-0.39, 0.29) is 23.9 Å². The predicted molar refractivity (Wildman–Crippen MR) is 67.8 cm³/mol. The molecule has 1 fully saturated rings. The van der Waals surface area contributed by atoms with Crippen molar-refractivity contribution >= 4 is 15.5 Å². The molecule has 1 saturated heterocycles. The zero-order valence-electron chi connectivity index (χ0n) is 10.1.